The summed E-state index contributed by atoms with van der Waals surface area (Å²) >= 11 is 3.53. The first-order valence-corrected chi connectivity index (χ1v) is 10.7. The van der Waals surface area contributed by atoms with Crippen LogP contribution in [0.25, 0.3) is 11.0 Å². The maximum Gasteiger partial charge on any atom is 0.310 e. The SMILES string of the molecule is COC(=O)Cc1ccccc1OC(CC(=O)OC(C)(C)C)c1cc(Br)c2occc2c1. The Hall–Kier alpha value is -2.80. The first-order valence-electron chi connectivity index (χ1n) is 9.86. The molecule has 3 aromatic rings. The van der Waals surface area contributed by atoms with E-state index in [0.717, 1.165) is 15.4 Å². The molecule has 0 amide bonds. The highest BCUT2D eigenvalue weighted by Gasteiger charge is 2.25. The summed E-state index contributed by atoms with van der Waals surface area (Å²) in [5.74, 6) is -0.251. The van der Waals surface area contributed by atoms with Gasteiger partial charge in [0.25, 0.3) is 0 Å². The van der Waals surface area contributed by atoms with Crippen LogP contribution in [-0.4, -0.2) is 24.6 Å². The van der Waals surface area contributed by atoms with Gasteiger partial charge >= 0.3 is 11.9 Å². The van der Waals surface area contributed by atoms with Crippen molar-refractivity contribution >= 4 is 38.8 Å². The minimum atomic E-state index is -0.635. The van der Waals surface area contributed by atoms with Crippen LogP contribution in [0, 0.1) is 0 Å². The lowest BCUT2D eigenvalue weighted by Gasteiger charge is -2.24. The normalized spacial score (nSPS) is 12.4. The van der Waals surface area contributed by atoms with Gasteiger partial charge in [-0.2, -0.15) is 0 Å². The average molecular weight is 489 g/mol. The van der Waals surface area contributed by atoms with Crippen molar-refractivity contribution in [3.63, 3.8) is 0 Å². The largest absolute Gasteiger partial charge is 0.485 e. The van der Waals surface area contributed by atoms with E-state index in [4.69, 9.17) is 18.6 Å². The molecular formula is C24H25BrO6. The molecule has 1 aromatic heterocycles. The maximum atomic E-state index is 12.6. The van der Waals surface area contributed by atoms with Crippen LogP contribution in [0.1, 0.15) is 44.4 Å². The summed E-state index contributed by atoms with van der Waals surface area (Å²) < 4.78 is 22.8. The van der Waals surface area contributed by atoms with Gasteiger partial charge in [0, 0.05) is 10.9 Å². The van der Waals surface area contributed by atoms with Crippen molar-refractivity contribution in [2.45, 2.75) is 45.3 Å². The molecule has 3 rings (SSSR count). The van der Waals surface area contributed by atoms with Crippen LogP contribution in [0.3, 0.4) is 0 Å². The third kappa shape index (κ3) is 6.10. The van der Waals surface area contributed by atoms with E-state index in [9.17, 15) is 9.59 Å². The van der Waals surface area contributed by atoms with Crippen molar-refractivity contribution in [1.29, 1.82) is 0 Å². The van der Waals surface area contributed by atoms with Gasteiger partial charge in [-0.3, -0.25) is 9.59 Å². The second kappa shape index (κ2) is 9.56. The number of ether oxygens (including phenoxy) is 3. The summed E-state index contributed by atoms with van der Waals surface area (Å²) in [5, 5.41) is 0.880. The molecule has 0 fully saturated rings. The lowest BCUT2D eigenvalue weighted by molar-refractivity contribution is -0.156. The van der Waals surface area contributed by atoms with Gasteiger partial charge in [0.15, 0.2) is 0 Å². The van der Waals surface area contributed by atoms with E-state index in [1.54, 1.807) is 18.4 Å². The van der Waals surface area contributed by atoms with E-state index in [0.29, 0.717) is 16.9 Å². The molecule has 1 unspecified atom stereocenters. The molecular weight excluding hydrogens is 464 g/mol. The molecule has 7 heteroatoms. The molecule has 6 nitrogen and oxygen atoms in total. The molecule has 1 atom stereocenters. The topological polar surface area (TPSA) is 75.0 Å². The van der Waals surface area contributed by atoms with E-state index in [1.807, 2.05) is 51.1 Å². The minimum absolute atomic E-state index is 0.000370. The lowest BCUT2D eigenvalue weighted by Crippen LogP contribution is -2.26. The van der Waals surface area contributed by atoms with Crippen molar-refractivity contribution in [3.05, 3.63) is 64.3 Å². The lowest BCUT2D eigenvalue weighted by atomic mass is 10.0. The van der Waals surface area contributed by atoms with E-state index in [-0.39, 0.29) is 24.8 Å². The molecule has 0 aliphatic heterocycles. The number of halogens is 1. The van der Waals surface area contributed by atoms with Crippen LogP contribution >= 0.6 is 15.9 Å². The Balaban J connectivity index is 1.96. The van der Waals surface area contributed by atoms with Crippen molar-refractivity contribution < 1.29 is 28.2 Å². The number of hydrogen-bond acceptors (Lipinski definition) is 6. The van der Waals surface area contributed by atoms with E-state index in [2.05, 4.69) is 15.9 Å². The molecule has 0 N–H and O–H groups in total. The zero-order valence-corrected chi connectivity index (χ0v) is 19.5. The Bertz CT molecular complexity index is 1080. The summed E-state index contributed by atoms with van der Waals surface area (Å²) in [7, 11) is 1.34. The quantitative estimate of drug-likeness (QED) is 0.393. The summed E-state index contributed by atoms with van der Waals surface area (Å²) in [5.41, 5.74) is 1.55. The molecule has 164 valence electrons. The van der Waals surface area contributed by atoms with Crippen LogP contribution in [0.5, 0.6) is 5.75 Å². The molecule has 1 heterocycles. The Labute approximate surface area is 189 Å². The third-order valence-corrected chi connectivity index (χ3v) is 5.07. The summed E-state index contributed by atoms with van der Waals surface area (Å²) in [6, 6.07) is 12.8. The van der Waals surface area contributed by atoms with Crippen LogP contribution < -0.4 is 4.74 Å². The fourth-order valence-corrected chi connectivity index (χ4v) is 3.74. The van der Waals surface area contributed by atoms with E-state index in [1.165, 1.54) is 7.11 Å². The molecule has 0 bridgehead atoms. The summed E-state index contributed by atoms with van der Waals surface area (Å²) in [6.45, 7) is 5.46. The molecule has 31 heavy (non-hydrogen) atoms. The number of furan rings is 1. The number of benzene rings is 2. The van der Waals surface area contributed by atoms with Crippen molar-refractivity contribution in [3.8, 4) is 5.75 Å². The highest BCUT2D eigenvalue weighted by Crippen LogP contribution is 2.34. The predicted molar refractivity (Wildman–Crippen MR) is 120 cm³/mol. The van der Waals surface area contributed by atoms with Gasteiger partial charge in [0.05, 0.1) is 30.7 Å². The van der Waals surface area contributed by atoms with Gasteiger partial charge in [-0.25, -0.2) is 0 Å². The summed E-state index contributed by atoms with van der Waals surface area (Å²) in [4.78, 5) is 24.5. The number of rotatable bonds is 7. The Morgan fingerprint density at radius 2 is 1.84 bits per heavy atom. The number of methoxy groups -OCH3 is 1. The molecule has 0 aliphatic rings. The van der Waals surface area contributed by atoms with Gasteiger partial charge in [-0.05, 0) is 66.5 Å². The Kier molecular flexibility index (Phi) is 7.05. The maximum absolute atomic E-state index is 12.6. The first kappa shape index (κ1) is 22.9. The van der Waals surface area contributed by atoms with Crippen LogP contribution in [0.15, 0.2) is 57.6 Å². The van der Waals surface area contributed by atoms with Crippen LogP contribution in [-0.2, 0) is 25.5 Å². The Morgan fingerprint density at radius 1 is 1.10 bits per heavy atom. The van der Waals surface area contributed by atoms with Gasteiger partial charge in [0.1, 0.15) is 23.0 Å². The van der Waals surface area contributed by atoms with Crippen LogP contribution in [0.4, 0.5) is 0 Å². The second-order valence-corrected chi connectivity index (χ2v) is 8.95. The highest BCUT2D eigenvalue weighted by atomic mass is 79.9. The number of fused-ring (bicyclic) bond motifs is 1. The highest BCUT2D eigenvalue weighted by molar-refractivity contribution is 9.10. The van der Waals surface area contributed by atoms with Gasteiger partial charge in [0.2, 0.25) is 0 Å². The van der Waals surface area contributed by atoms with Gasteiger partial charge in [-0.1, -0.05) is 18.2 Å². The molecule has 0 aliphatic carbocycles. The fourth-order valence-electron chi connectivity index (χ4n) is 3.15. The van der Waals surface area contributed by atoms with Crippen LogP contribution in [0.2, 0.25) is 0 Å². The zero-order valence-electron chi connectivity index (χ0n) is 17.9. The molecule has 0 spiro atoms. The molecule has 0 saturated heterocycles. The zero-order chi connectivity index (χ0) is 22.6. The Morgan fingerprint density at radius 3 is 2.55 bits per heavy atom. The number of hydrogen-bond donors (Lipinski definition) is 0. The van der Waals surface area contributed by atoms with E-state index < -0.39 is 11.7 Å². The molecule has 0 radical (unpaired) electrons. The molecule has 0 saturated carbocycles. The van der Waals surface area contributed by atoms with Crippen molar-refractivity contribution in [1.82, 2.24) is 0 Å². The average Bonchev–Trinajstić information content (AvgIpc) is 3.16. The standard InChI is InChI=1S/C24H25BrO6/c1-24(2,3)31-22(27)14-20(17-11-16-9-10-29-23(16)18(25)12-17)30-19-8-6-5-7-15(19)13-21(26)28-4/h5-12,20H,13-14H2,1-4H3. The minimum Gasteiger partial charge on any atom is -0.485 e. The number of esters is 2. The molecule has 2 aromatic carbocycles. The van der Waals surface area contributed by atoms with E-state index >= 15 is 0 Å². The fraction of sp³-hybridized carbons (Fsp3) is 0.333. The number of carbonyl (C=O) groups excluding carboxylic acids is 2. The number of para-hydroxylation sites is 1. The smallest absolute Gasteiger partial charge is 0.310 e. The monoisotopic (exact) mass is 488 g/mol. The van der Waals surface area contributed by atoms with Gasteiger partial charge < -0.3 is 18.6 Å². The van der Waals surface area contributed by atoms with Crippen molar-refractivity contribution in [2.24, 2.45) is 0 Å². The second-order valence-electron chi connectivity index (χ2n) is 8.10. The predicted octanol–water partition coefficient (Wildman–Crippen LogP) is 5.76. The first-order chi connectivity index (χ1) is 14.7. The van der Waals surface area contributed by atoms with Crippen molar-refractivity contribution in [2.75, 3.05) is 7.11 Å². The number of carbonyl (C=O) groups is 2. The summed E-state index contributed by atoms with van der Waals surface area (Å²) in [6.07, 6.45) is 1.04. The van der Waals surface area contributed by atoms with Gasteiger partial charge in [-0.15, -0.1) is 0 Å². The third-order valence-electron chi connectivity index (χ3n) is 4.48.